The number of hydrogen-bond acceptors (Lipinski definition) is 4. The molecule has 1 aromatic rings. The standard InChI is InChI=1S/C17H27NO3/c1-4-7-8-13(5-2)12-21-16-10-9-14(11-15(16)18)17(19)20-6-3/h9-11,13H,4-8,12,18H2,1-3H3. The van der Waals surface area contributed by atoms with Crippen molar-refractivity contribution < 1.29 is 14.3 Å². The maximum atomic E-state index is 11.6. The second-order valence-electron chi connectivity index (χ2n) is 5.20. The SMILES string of the molecule is CCCCC(CC)COc1ccc(C(=O)OCC)cc1N. The highest BCUT2D eigenvalue weighted by atomic mass is 16.5. The van der Waals surface area contributed by atoms with Gasteiger partial charge in [0.25, 0.3) is 0 Å². The summed E-state index contributed by atoms with van der Waals surface area (Å²) in [7, 11) is 0. The predicted molar refractivity (Wildman–Crippen MR) is 85.6 cm³/mol. The van der Waals surface area contributed by atoms with Crippen LogP contribution >= 0.6 is 0 Å². The van der Waals surface area contributed by atoms with E-state index in [0.717, 1.165) is 6.42 Å². The summed E-state index contributed by atoms with van der Waals surface area (Å²) in [5.41, 5.74) is 6.89. The van der Waals surface area contributed by atoms with E-state index in [1.807, 2.05) is 0 Å². The zero-order chi connectivity index (χ0) is 15.7. The molecule has 0 aliphatic heterocycles. The third-order valence-corrected chi connectivity index (χ3v) is 3.54. The zero-order valence-electron chi connectivity index (χ0n) is 13.4. The summed E-state index contributed by atoms with van der Waals surface area (Å²) in [5, 5.41) is 0. The minimum Gasteiger partial charge on any atom is -0.491 e. The number of esters is 1. The number of nitrogens with two attached hydrogens (primary N) is 1. The van der Waals surface area contributed by atoms with Crippen molar-refractivity contribution in [3.63, 3.8) is 0 Å². The molecule has 0 aromatic heterocycles. The number of unbranched alkanes of at least 4 members (excludes halogenated alkanes) is 1. The lowest BCUT2D eigenvalue weighted by molar-refractivity contribution is 0.0526. The van der Waals surface area contributed by atoms with Gasteiger partial charge in [-0.2, -0.15) is 0 Å². The maximum Gasteiger partial charge on any atom is 0.338 e. The largest absolute Gasteiger partial charge is 0.491 e. The Morgan fingerprint density at radius 1 is 1.29 bits per heavy atom. The first-order valence-corrected chi connectivity index (χ1v) is 7.81. The van der Waals surface area contributed by atoms with Crippen LogP contribution in [0.15, 0.2) is 18.2 Å². The second-order valence-corrected chi connectivity index (χ2v) is 5.20. The molecule has 4 heteroatoms. The third kappa shape index (κ3) is 5.66. The molecule has 0 aliphatic carbocycles. The van der Waals surface area contributed by atoms with E-state index < -0.39 is 0 Å². The van der Waals surface area contributed by atoms with Crippen LogP contribution in [0.25, 0.3) is 0 Å². The molecule has 1 atom stereocenters. The molecule has 0 saturated heterocycles. The molecule has 1 rings (SSSR count). The molecule has 0 heterocycles. The highest BCUT2D eigenvalue weighted by molar-refractivity contribution is 5.91. The Labute approximate surface area is 127 Å². The number of ether oxygens (including phenoxy) is 2. The fourth-order valence-corrected chi connectivity index (χ4v) is 2.13. The van der Waals surface area contributed by atoms with Crippen molar-refractivity contribution >= 4 is 11.7 Å². The third-order valence-electron chi connectivity index (χ3n) is 3.54. The molecule has 0 amide bonds. The Morgan fingerprint density at radius 2 is 2.05 bits per heavy atom. The van der Waals surface area contributed by atoms with Crippen molar-refractivity contribution in [3.05, 3.63) is 23.8 Å². The molecule has 118 valence electrons. The summed E-state index contributed by atoms with van der Waals surface area (Å²) in [4.78, 5) is 11.6. The van der Waals surface area contributed by atoms with Crippen molar-refractivity contribution in [2.75, 3.05) is 18.9 Å². The number of anilines is 1. The van der Waals surface area contributed by atoms with Gasteiger partial charge in [-0.05, 0) is 37.5 Å². The minimum atomic E-state index is -0.356. The van der Waals surface area contributed by atoms with Crippen molar-refractivity contribution in [1.82, 2.24) is 0 Å². The summed E-state index contributed by atoms with van der Waals surface area (Å²) in [5.74, 6) is 0.831. The van der Waals surface area contributed by atoms with Crippen LogP contribution in [0.4, 0.5) is 5.69 Å². The second kappa shape index (κ2) is 9.27. The van der Waals surface area contributed by atoms with Gasteiger partial charge in [-0.3, -0.25) is 0 Å². The lowest BCUT2D eigenvalue weighted by Crippen LogP contribution is -2.12. The molecule has 0 fully saturated rings. The van der Waals surface area contributed by atoms with Crippen molar-refractivity contribution in [1.29, 1.82) is 0 Å². The van der Waals surface area contributed by atoms with Gasteiger partial charge in [0, 0.05) is 0 Å². The van der Waals surface area contributed by atoms with Gasteiger partial charge < -0.3 is 15.2 Å². The van der Waals surface area contributed by atoms with E-state index >= 15 is 0 Å². The summed E-state index contributed by atoms with van der Waals surface area (Å²) < 4.78 is 10.8. The number of hydrogen-bond donors (Lipinski definition) is 1. The lowest BCUT2D eigenvalue weighted by atomic mass is 10.0. The average molecular weight is 293 g/mol. The van der Waals surface area contributed by atoms with Crippen LogP contribution in [-0.4, -0.2) is 19.2 Å². The van der Waals surface area contributed by atoms with E-state index in [9.17, 15) is 4.79 Å². The smallest absolute Gasteiger partial charge is 0.338 e. The van der Waals surface area contributed by atoms with Gasteiger partial charge in [0.15, 0.2) is 0 Å². The molecule has 0 radical (unpaired) electrons. The number of benzene rings is 1. The van der Waals surface area contributed by atoms with Gasteiger partial charge in [-0.15, -0.1) is 0 Å². The molecular formula is C17H27NO3. The van der Waals surface area contributed by atoms with E-state index in [0.29, 0.717) is 36.1 Å². The summed E-state index contributed by atoms with van der Waals surface area (Å²) in [6.07, 6.45) is 4.70. The van der Waals surface area contributed by atoms with E-state index in [1.54, 1.807) is 25.1 Å². The van der Waals surface area contributed by atoms with Crippen LogP contribution in [0.5, 0.6) is 5.75 Å². The molecule has 1 unspecified atom stereocenters. The van der Waals surface area contributed by atoms with E-state index in [4.69, 9.17) is 15.2 Å². The Balaban J connectivity index is 2.61. The average Bonchev–Trinajstić information content (AvgIpc) is 2.48. The van der Waals surface area contributed by atoms with Crippen LogP contribution in [0.2, 0.25) is 0 Å². The Bertz CT molecular complexity index is 446. The monoisotopic (exact) mass is 293 g/mol. The Kier molecular flexibility index (Phi) is 7.65. The number of nitrogen functional groups attached to an aromatic ring is 1. The van der Waals surface area contributed by atoms with Crippen molar-refractivity contribution in [3.8, 4) is 5.75 Å². The number of carbonyl (C=O) groups is 1. The Hall–Kier alpha value is -1.71. The molecule has 0 bridgehead atoms. The first kappa shape index (κ1) is 17.3. The topological polar surface area (TPSA) is 61.5 Å². The maximum absolute atomic E-state index is 11.6. The fraction of sp³-hybridized carbons (Fsp3) is 0.588. The Morgan fingerprint density at radius 3 is 2.62 bits per heavy atom. The van der Waals surface area contributed by atoms with E-state index in [2.05, 4.69) is 13.8 Å². The molecule has 2 N–H and O–H groups in total. The normalized spacial score (nSPS) is 12.0. The molecule has 4 nitrogen and oxygen atoms in total. The summed E-state index contributed by atoms with van der Waals surface area (Å²) in [6, 6.07) is 5.05. The van der Waals surface area contributed by atoms with Crippen LogP contribution in [0.3, 0.4) is 0 Å². The predicted octanol–water partition coefficient (Wildman–Crippen LogP) is 4.04. The van der Waals surface area contributed by atoms with Gasteiger partial charge in [-0.25, -0.2) is 4.79 Å². The van der Waals surface area contributed by atoms with Gasteiger partial charge in [0.2, 0.25) is 0 Å². The van der Waals surface area contributed by atoms with Crippen molar-refractivity contribution in [2.24, 2.45) is 5.92 Å². The first-order valence-electron chi connectivity index (χ1n) is 7.81. The van der Waals surface area contributed by atoms with Crippen molar-refractivity contribution in [2.45, 2.75) is 46.5 Å². The van der Waals surface area contributed by atoms with Gasteiger partial charge in [-0.1, -0.05) is 33.1 Å². The van der Waals surface area contributed by atoms with Crippen LogP contribution in [0, 0.1) is 5.92 Å². The van der Waals surface area contributed by atoms with Crippen LogP contribution in [0.1, 0.15) is 56.8 Å². The minimum absolute atomic E-state index is 0.354. The highest BCUT2D eigenvalue weighted by Gasteiger charge is 2.11. The van der Waals surface area contributed by atoms with E-state index in [-0.39, 0.29) is 5.97 Å². The van der Waals surface area contributed by atoms with E-state index in [1.165, 1.54) is 19.3 Å². The molecule has 21 heavy (non-hydrogen) atoms. The first-order chi connectivity index (χ1) is 10.1. The van der Waals surface area contributed by atoms with Gasteiger partial charge >= 0.3 is 5.97 Å². The quantitative estimate of drug-likeness (QED) is 0.551. The lowest BCUT2D eigenvalue weighted by Gasteiger charge is -2.16. The molecular weight excluding hydrogens is 266 g/mol. The molecule has 0 aliphatic rings. The molecule has 1 aromatic carbocycles. The van der Waals surface area contributed by atoms with Gasteiger partial charge in [0.05, 0.1) is 24.5 Å². The highest BCUT2D eigenvalue weighted by Crippen LogP contribution is 2.24. The molecule has 0 saturated carbocycles. The zero-order valence-corrected chi connectivity index (χ0v) is 13.4. The van der Waals surface area contributed by atoms with Crippen LogP contribution < -0.4 is 10.5 Å². The van der Waals surface area contributed by atoms with Gasteiger partial charge in [0.1, 0.15) is 5.75 Å². The summed E-state index contributed by atoms with van der Waals surface area (Å²) >= 11 is 0. The molecule has 0 spiro atoms. The van der Waals surface area contributed by atoms with Crippen LogP contribution in [-0.2, 0) is 4.74 Å². The fourth-order valence-electron chi connectivity index (χ4n) is 2.13. The summed E-state index contributed by atoms with van der Waals surface area (Å²) in [6.45, 7) is 7.17. The number of rotatable bonds is 9. The number of carbonyl (C=O) groups excluding carboxylic acids is 1.